The van der Waals surface area contributed by atoms with Crippen molar-refractivity contribution in [3.8, 4) is 11.1 Å². The molecular formula is C33H34I3N5O16. The normalized spacial score (nSPS) is 20.1. The Bertz CT molecular complexity index is 2020. The number of ether oxygens (including phenoxy) is 5. The largest absolute Gasteiger partial charge is 0.463 e. The van der Waals surface area contributed by atoms with Gasteiger partial charge in [0.15, 0.2) is 17.8 Å². The van der Waals surface area contributed by atoms with E-state index in [-0.39, 0.29) is 29.6 Å². The molecule has 57 heavy (non-hydrogen) atoms. The molecule has 1 aliphatic heterocycles. The number of Topliss-reactive ketones (excluding diaryl/α,β-unsaturated/α-hetero) is 1. The molecule has 0 spiro atoms. The summed E-state index contributed by atoms with van der Waals surface area (Å²) in [4.78, 5) is 115. The predicted octanol–water partition coefficient (Wildman–Crippen LogP) is 3.54. The minimum Gasteiger partial charge on any atom is -0.463 e. The van der Waals surface area contributed by atoms with Gasteiger partial charge >= 0.3 is 23.9 Å². The number of hydrogen-bond donors (Lipinski definition) is 1. The van der Waals surface area contributed by atoms with Gasteiger partial charge in [-0.15, -0.1) is 0 Å². The van der Waals surface area contributed by atoms with Gasteiger partial charge in [0.25, 0.3) is 17.2 Å². The molecule has 24 heteroatoms. The Labute approximate surface area is 364 Å². The lowest BCUT2D eigenvalue weighted by atomic mass is 9.84. The fourth-order valence-electron chi connectivity index (χ4n) is 5.80. The van der Waals surface area contributed by atoms with Gasteiger partial charge in [0.1, 0.15) is 18.8 Å². The first kappa shape index (κ1) is 47.2. The number of nitro benzene ring substituents is 2. The number of carbonyl (C=O) groups is 7. The zero-order chi connectivity index (χ0) is 43.6. The molecule has 0 aliphatic carbocycles. The number of benzene rings is 2. The molecular weight excluding hydrogens is 1100 g/mol. The van der Waals surface area contributed by atoms with Crippen LogP contribution in [0.3, 0.4) is 0 Å². The van der Waals surface area contributed by atoms with Gasteiger partial charge in [0.2, 0.25) is 17.6 Å². The Morgan fingerprint density at radius 1 is 0.754 bits per heavy atom. The van der Waals surface area contributed by atoms with Gasteiger partial charge in [-0.05, 0) is 73.3 Å². The van der Waals surface area contributed by atoms with Crippen LogP contribution in [0.1, 0.15) is 51.9 Å². The Balaban J connectivity index is 2.55. The maximum absolute atomic E-state index is 14.9. The van der Waals surface area contributed by atoms with Crippen LogP contribution in [-0.4, -0.2) is 102 Å². The van der Waals surface area contributed by atoms with Crippen LogP contribution in [0.25, 0.3) is 11.1 Å². The number of anilines is 2. The van der Waals surface area contributed by atoms with E-state index in [0.717, 1.165) is 39.8 Å². The maximum atomic E-state index is 14.9. The number of nitrogens with two attached hydrogens (primary N) is 1. The highest BCUT2D eigenvalue weighted by Gasteiger charge is 2.64. The molecule has 21 nitrogen and oxygen atoms in total. The number of carbonyl (C=O) groups excluding carboxylic acids is 7. The summed E-state index contributed by atoms with van der Waals surface area (Å²) in [6, 6.07) is -0.569. The van der Waals surface area contributed by atoms with E-state index in [1.807, 2.05) is 67.8 Å². The molecule has 0 bridgehead atoms. The summed E-state index contributed by atoms with van der Waals surface area (Å²) in [7, 11) is 2.88. The third-order valence-electron chi connectivity index (χ3n) is 8.37. The predicted molar refractivity (Wildman–Crippen MR) is 221 cm³/mol. The fraction of sp³-hybridized carbons (Fsp3) is 0.424. The Morgan fingerprint density at radius 3 is 1.56 bits per heavy atom. The van der Waals surface area contributed by atoms with Crippen molar-refractivity contribution in [2.45, 2.75) is 71.7 Å². The number of ketones is 1. The average Bonchev–Trinajstić information content (AvgIpc) is 3.08. The number of hydrogen-bond acceptors (Lipinski definition) is 17. The minimum atomic E-state index is -3.30. The Kier molecular flexibility index (Phi) is 15.4. The van der Waals surface area contributed by atoms with Crippen LogP contribution in [0.4, 0.5) is 22.7 Å². The first-order chi connectivity index (χ1) is 26.3. The molecule has 1 fully saturated rings. The molecule has 1 heterocycles. The van der Waals surface area contributed by atoms with Crippen LogP contribution in [-0.2, 0) is 52.5 Å². The van der Waals surface area contributed by atoms with Crippen LogP contribution < -0.4 is 15.5 Å². The molecule has 0 radical (unpaired) electrons. The molecule has 0 saturated carbocycles. The summed E-state index contributed by atoms with van der Waals surface area (Å²) < 4.78 is 27.8. The molecule has 1 aliphatic rings. The van der Waals surface area contributed by atoms with E-state index in [9.17, 15) is 53.8 Å². The van der Waals surface area contributed by atoms with E-state index in [0.29, 0.717) is 3.57 Å². The molecule has 308 valence electrons. The maximum Gasteiger partial charge on any atom is 0.305 e. The number of rotatable bonds is 12. The summed E-state index contributed by atoms with van der Waals surface area (Å²) in [5.74, 6) is -10.3. The number of nitro groups is 2. The zero-order valence-electron chi connectivity index (χ0n) is 31.2. The van der Waals surface area contributed by atoms with Crippen LogP contribution in [0.15, 0.2) is 12.1 Å². The third kappa shape index (κ3) is 9.76. The lowest BCUT2D eigenvalue weighted by Gasteiger charge is -2.48. The van der Waals surface area contributed by atoms with Crippen molar-refractivity contribution in [1.29, 1.82) is 0 Å². The van der Waals surface area contributed by atoms with E-state index < -0.39 is 105 Å². The number of nitrogens with zero attached hydrogens (tertiary/aromatic N) is 4. The quantitative estimate of drug-likeness (QED) is 0.0794. The van der Waals surface area contributed by atoms with Gasteiger partial charge < -0.3 is 39.2 Å². The first-order valence-corrected chi connectivity index (χ1v) is 19.4. The number of halogens is 3. The van der Waals surface area contributed by atoms with Gasteiger partial charge in [-0.2, -0.15) is 0 Å². The van der Waals surface area contributed by atoms with Crippen molar-refractivity contribution >= 4 is 132 Å². The van der Waals surface area contributed by atoms with E-state index >= 15 is 0 Å². The van der Waals surface area contributed by atoms with E-state index in [2.05, 4.69) is 0 Å². The molecule has 5 atom stereocenters. The second kappa shape index (κ2) is 18.6. The second-order valence-electron chi connectivity index (χ2n) is 12.3. The summed E-state index contributed by atoms with van der Waals surface area (Å²) in [6.45, 7) is 5.29. The highest BCUT2D eigenvalue weighted by atomic mass is 127. The smallest absolute Gasteiger partial charge is 0.305 e. The monoisotopic (exact) mass is 1140 g/mol. The molecule has 2 aromatic rings. The summed E-state index contributed by atoms with van der Waals surface area (Å²) >= 11 is 5.63. The van der Waals surface area contributed by atoms with E-state index in [4.69, 9.17) is 29.4 Å². The average molecular weight is 1140 g/mol. The molecule has 1 saturated heterocycles. The van der Waals surface area contributed by atoms with Crippen molar-refractivity contribution in [2.24, 2.45) is 5.73 Å². The molecule has 1 unspecified atom stereocenters. The van der Waals surface area contributed by atoms with Gasteiger partial charge in [0, 0.05) is 80.5 Å². The van der Waals surface area contributed by atoms with E-state index in [1.54, 1.807) is 0 Å². The van der Waals surface area contributed by atoms with Gasteiger partial charge in [-0.1, -0.05) is 0 Å². The highest BCUT2D eigenvalue weighted by molar-refractivity contribution is 14.1. The lowest BCUT2D eigenvalue weighted by molar-refractivity contribution is -0.394. The highest BCUT2D eigenvalue weighted by Crippen LogP contribution is 2.49. The van der Waals surface area contributed by atoms with Crippen molar-refractivity contribution in [3.05, 3.63) is 48.6 Å². The third-order valence-corrected chi connectivity index (χ3v) is 11.5. The Hall–Kier alpha value is -4.16. The molecule has 2 amide bonds. The molecule has 3 rings (SSSR count). The number of amides is 2. The van der Waals surface area contributed by atoms with Crippen molar-refractivity contribution in [2.75, 3.05) is 30.5 Å². The van der Waals surface area contributed by atoms with Gasteiger partial charge in [-0.3, -0.25) is 53.8 Å². The standard InChI is InChI=1S/C33H34I3N5O16/c1-12(42)38(7)27-24(34)22(25(35)28(26(27)36)39(8)13(2)43)18-9-19(40(49)50)23(20(10-18)41(51)52)32(48)33(56-17(6)47)31(37)30(55-16(5)46)29(54-15(4)45)21(57-33)11-53-14(3)44/h9-10,21,29-31H,11,37H2,1-8H3/t21-,29-,30+,31-,33?/m1/s1. The first-order valence-electron chi connectivity index (χ1n) is 16.1. The van der Waals surface area contributed by atoms with Gasteiger partial charge in [0.05, 0.1) is 24.8 Å². The zero-order valence-corrected chi connectivity index (χ0v) is 37.7. The Morgan fingerprint density at radius 2 is 1.19 bits per heavy atom. The molecule has 2 N–H and O–H groups in total. The molecule has 2 aromatic carbocycles. The van der Waals surface area contributed by atoms with Crippen LogP contribution >= 0.6 is 67.8 Å². The fourth-order valence-corrected chi connectivity index (χ4v) is 11.0. The summed E-state index contributed by atoms with van der Waals surface area (Å²) in [5, 5.41) is 25.8. The van der Waals surface area contributed by atoms with Crippen molar-refractivity contribution in [3.63, 3.8) is 0 Å². The van der Waals surface area contributed by atoms with Gasteiger partial charge in [-0.25, -0.2) is 0 Å². The van der Waals surface area contributed by atoms with E-state index in [1.165, 1.54) is 37.7 Å². The van der Waals surface area contributed by atoms with Crippen LogP contribution in [0.2, 0.25) is 0 Å². The summed E-state index contributed by atoms with van der Waals surface area (Å²) in [6.07, 6.45) is -5.55. The number of esters is 4. The van der Waals surface area contributed by atoms with Crippen LogP contribution in [0.5, 0.6) is 0 Å². The SMILES string of the molecule is CC(=O)OC[C@H]1OC(OC(C)=O)(C(=O)c2c([N+](=O)[O-])cc(-c3c(I)c(N(C)C(C)=O)c(I)c(N(C)C(C)=O)c3I)cc2[N+](=O)[O-])[C@H](N)[C@@H](OC(C)=O)[C@@H]1OC(C)=O. The van der Waals surface area contributed by atoms with Crippen molar-refractivity contribution < 1.29 is 67.1 Å². The lowest BCUT2D eigenvalue weighted by Crippen LogP contribution is -2.73. The topological polar surface area (TPSA) is 284 Å². The summed E-state index contributed by atoms with van der Waals surface area (Å²) in [5.41, 5.74) is 3.08. The second-order valence-corrected chi connectivity index (χ2v) is 15.5. The van der Waals surface area contributed by atoms with Crippen LogP contribution in [0, 0.1) is 30.9 Å². The minimum absolute atomic E-state index is 0.0916. The van der Waals surface area contributed by atoms with Crippen molar-refractivity contribution in [1.82, 2.24) is 0 Å². The molecule has 0 aromatic heterocycles.